The standard InChI is InChI=1S/C21H20ClFN4O3S/c1-26-12-20(24-13-26)31(29,30)27-10-17(14-5-3-2-4-6-14)19(11-27)25-21(28)16-8-7-15(23)9-18(16)22/h2-9,12-13,17,19H,10-11H2,1H3,(H,25,28)/t17-,19+/m0/s1. The van der Waals surface area contributed by atoms with Crippen LogP contribution in [-0.2, 0) is 17.1 Å². The van der Waals surface area contributed by atoms with E-state index in [4.69, 9.17) is 11.6 Å². The first-order chi connectivity index (χ1) is 14.8. The summed E-state index contributed by atoms with van der Waals surface area (Å²) in [5.41, 5.74) is 1.03. The van der Waals surface area contributed by atoms with Gasteiger partial charge in [-0.15, -0.1) is 0 Å². The molecule has 162 valence electrons. The van der Waals surface area contributed by atoms with Crippen LogP contribution < -0.4 is 5.32 Å². The van der Waals surface area contributed by atoms with Crippen LogP contribution in [0.1, 0.15) is 21.8 Å². The van der Waals surface area contributed by atoms with E-state index in [1.807, 2.05) is 30.3 Å². The summed E-state index contributed by atoms with van der Waals surface area (Å²) in [6.07, 6.45) is 2.87. The van der Waals surface area contributed by atoms with Crippen molar-refractivity contribution in [3.63, 3.8) is 0 Å². The number of aryl methyl sites for hydroxylation is 1. The molecular weight excluding hydrogens is 443 g/mol. The lowest BCUT2D eigenvalue weighted by atomic mass is 9.94. The fraction of sp³-hybridized carbons (Fsp3) is 0.238. The fourth-order valence-corrected chi connectivity index (χ4v) is 5.43. The normalized spacial score (nSPS) is 19.5. The molecule has 0 radical (unpaired) electrons. The molecule has 1 N–H and O–H groups in total. The summed E-state index contributed by atoms with van der Waals surface area (Å²) in [4.78, 5) is 16.8. The Morgan fingerprint density at radius 3 is 2.58 bits per heavy atom. The first kappa shape index (κ1) is 21.5. The second-order valence-corrected chi connectivity index (χ2v) is 9.71. The van der Waals surface area contributed by atoms with Gasteiger partial charge in [0.1, 0.15) is 5.82 Å². The second-order valence-electron chi connectivity index (χ2n) is 7.42. The molecule has 10 heteroatoms. The van der Waals surface area contributed by atoms with Crippen molar-refractivity contribution in [2.45, 2.75) is 17.0 Å². The monoisotopic (exact) mass is 462 g/mol. The second kappa shape index (κ2) is 8.41. The van der Waals surface area contributed by atoms with Gasteiger partial charge in [0.15, 0.2) is 5.03 Å². The van der Waals surface area contributed by atoms with E-state index in [0.717, 1.165) is 17.7 Å². The molecule has 0 spiro atoms. The Bertz CT molecular complexity index is 1220. The molecule has 0 saturated carbocycles. The van der Waals surface area contributed by atoms with Crippen molar-refractivity contribution in [1.82, 2.24) is 19.2 Å². The van der Waals surface area contributed by atoms with Crippen LogP contribution in [-0.4, -0.2) is 47.3 Å². The maximum absolute atomic E-state index is 13.3. The Hall–Kier alpha value is -2.75. The van der Waals surface area contributed by atoms with E-state index in [1.165, 1.54) is 22.9 Å². The SMILES string of the molecule is Cn1cnc(S(=O)(=O)N2C[C@@H](NC(=O)c3ccc(F)cc3Cl)[C@H](c3ccccc3)C2)c1. The lowest BCUT2D eigenvalue weighted by Gasteiger charge is -2.20. The predicted octanol–water partition coefficient (Wildman–Crippen LogP) is 2.80. The minimum absolute atomic E-state index is 0.00952. The van der Waals surface area contributed by atoms with Gasteiger partial charge in [-0.1, -0.05) is 41.9 Å². The zero-order valence-corrected chi connectivity index (χ0v) is 18.1. The molecule has 31 heavy (non-hydrogen) atoms. The van der Waals surface area contributed by atoms with Crippen molar-refractivity contribution in [3.05, 3.63) is 83.0 Å². The fourth-order valence-electron chi connectivity index (χ4n) is 3.72. The number of aromatic nitrogens is 2. The molecule has 7 nitrogen and oxygen atoms in total. The molecule has 1 fully saturated rings. The summed E-state index contributed by atoms with van der Waals surface area (Å²) in [7, 11) is -2.14. The zero-order valence-electron chi connectivity index (χ0n) is 16.6. The third-order valence-electron chi connectivity index (χ3n) is 5.29. The van der Waals surface area contributed by atoms with E-state index < -0.39 is 27.8 Å². The molecule has 1 aliphatic rings. The number of benzene rings is 2. The summed E-state index contributed by atoms with van der Waals surface area (Å²) in [5.74, 6) is -1.31. The van der Waals surface area contributed by atoms with Crippen LogP contribution in [0.25, 0.3) is 0 Å². The molecule has 0 unspecified atom stereocenters. The van der Waals surface area contributed by atoms with Crippen LogP contribution in [0.5, 0.6) is 0 Å². The Balaban J connectivity index is 1.63. The quantitative estimate of drug-likeness (QED) is 0.632. The van der Waals surface area contributed by atoms with Crippen molar-refractivity contribution >= 4 is 27.5 Å². The van der Waals surface area contributed by atoms with E-state index >= 15 is 0 Å². The lowest BCUT2D eigenvalue weighted by molar-refractivity contribution is 0.0936. The largest absolute Gasteiger partial charge is 0.347 e. The Kier molecular flexibility index (Phi) is 5.83. The van der Waals surface area contributed by atoms with Gasteiger partial charge in [0, 0.05) is 32.3 Å². The maximum atomic E-state index is 13.3. The Morgan fingerprint density at radius 1 is 1.19 bits per heavy atom. The highest BCUT2D eigenvalue weighted by atomic mass is 35.5. The minimum atomic E-state index is -3.83. The van der Waals surface area contributed by atoms with Gasteiger partial charge in [-0.05, 0) is 23.8 Å². The number of halogens is 2. The van der Waals surface area contributed by atoms with Gasteiger partial charge in [-0.25, -0.2) is 17.8 Å². The molecule has 1 saturated heterocycles. The van der Waals surface area contributed by atoms with Gasteiger partial charge >= 0.3 is 0 Å². The number of imidazole rings is 1. The Labute approximate surface area is 184 Å². The van der Waals surface area contributed by atoms with Gasteiger partial charge in [0.2, 0.25) is 0 Å². The van der Waals surface area contributed by atoms with Gasteiger partial charge in [0.05, 0.1) is 23.0 Å². The van der Waals surface area contributed by atoms with Crippen LogP contribution in [0.3, 0.4) is 0 Å². The van der Waals surface area contributed by atoms with E-state index in [-0.39, 0.29) is 34.6 Å². The smallest absolute Gasteiger partial charge is 0.262 e. The molecule has 2 heterocycles. The number of amides is 1. The van der Waals surface area contributed by atoms with Gasteiger partial charge < -0.3 is 9.88 Å². The Morgan fingerprint density at radius 2 is 1.94 bits per heavy atom. The van der Waals surface area contributed by atoms with Crippen LogP contribution in [0.15, 0.2) is 66.1 Å². The van der Waals surface area contributed by atoms with Gasteiger partial charge in [0.25, 0.3) is 15.9 Å². The average molecular weight is 463 g/mol. The number of rotatable bonds is 5. The summed E-state index contributed by atoms with van der Waals surface area (Å²) in [5, 5.41) is 2.83. The summed E-state index contributed by atoms with van der Waals surface area (Å²) in [6.45, 7) is 0.258. The van der Waals surface area contributed by atoms with Crippen molar-refractivity contribution in [3.8, 4) is 0 Å². The topological polar surface area (TPSA) is 84.3 Å². The molecule has 4 rings (SSSR count). The molecule has 2 atom stereocenters. The number of carbonyl (C=O) groups is 1. The number of hydrogen-bond donors (Lipinski definition) is 1. The number of nitrogens with zero attached hydrogens (tertiary/aromatic N) is 3. The lowest BCUT2D eigenvalue weighted by Crippen LogP contribution is -2.40. The summed E-state index contributed by atoms with van der Waals surface area (Å²) in [6, 6.07) is 12.4. The summed E-state index contributed by atoms with van der Waals surface area (Å²) < 4.78 is 42.4. The first-order valence-electron chi connectivity index (χ1n) is 9.54. The van der Waals surface area contributed by atoms with E-state index in [0.29, 0.717) is 0 Å². The number of sulfonamides is 1. The average Bonchev–Trinajstić information content (AvgIpc) is 3.36. The summed E-state index contributed by atoms with van der Waals surface area (Å²) >= 11 is 6.03. The molecule has 1 aromatic heterocycles. The van der Waals surface area contributed by atoms with Crippen molar-refractivity contribution < 1.29 is 17.6 Å². The van der Waals surface area contributed by atoms with E-state index in [1.54, 1.807) is 11.6 Å². The van der Waals surface area contributed by atoms with Gasteiger partial charge in [-0.2, -0.15) is 4.31 Å². The molecular formula is C21H20ClFN4O3S. The van der Waals surface area contributed by atoms with Crippen LogP contribution in [0.2, 0.25) is 5.02 Å². The minimum Gasteiger partial charge on any atom is -0.347 e. The predicted molar refractivity (Wildman–Crippen MR) is 114 cm³/mol. The highest BCUT2D eigenvalue weighted by molar-refractivity contribution is 7.89. The number of hydrogen-bond acceptors (Lipinski definition) is 4. The third kappa shape index (κ3) is 4.34. The van der Waals surface area contributed by atoms with Crippen LogP contribution >= 0.6 is 11.6 Å². The molecule has 0 bridgehead atoms. The maximum Gasteiger partial charge on any atom is 0.262 e. The highest BCUT2D eigenvalue weighted by Gasteiger charge is 2.41. The first-order valence-corrected chi connectivity index (χ1v) is 11.4. The molecule has 1 aliphatic heterocycles. The van der Waals surface area contributed by atoms with Crippen LogP contribution in [0, 0.1) is 5.82 Å². The van der Waals surface area contributed by atoms with Crippen LogP contribution in [0.4, 0.5) is 4.39 Å². The van der Waals surface area contributed by atoms with E-state index in [9.17, 15) is 17.6 Å². The zero-order chi connectivity index (χ0) is 22.2. The molecule has 3 aromatic rings. The van der Waals surface area contributed by atoms with Crippen molar-refractivity contribution in [2.75, 3.05) is 13.1 Å². The third-order valence-corrected chi connectivity index (χ3v) is 7.32. The van der Waals surface area contributed by atoms with Crippen molar-refractivity contribution in [2.24, 2.45) is 7.05 Å². The number of carbonyl (C=O) groups excluding carboxylic acids is 1. The molecule has 0 aliphatic carbocycles. The number of nitrogens with one attached hydrogen (secondary N) is 1. The van der Waals surface area contributed by atoms with Crippen molar-refractivity contribution in [1.29, 1.82) is 0 Å². The molecule has 1 amide bonds. The highest BCUT2D eigenvalue weighted by Crippen LogP contribution is 2.31. The van der Waals surface area contributed by atoms with Gasteiger partial charge in [-0.3, -0.25) is 4.79 Å². The van der Waals surface area contributed by atoms with E-state index in [2.05, 4.69) is 10.3 Å². The molecule has 2 aromatic carbocycles.